The van der Waals surface area contributed by atoms with E-state index in [0.717, 1.165) is 39.0 Å². The third-order valence-corrected chi connectivity index (χ3v) is 11.8. The number of esters is 1. The summed E-state index contributed by atoms with van der Waals surface area (Å²) in [6.07, 6.45) is 2.98. The number of hydrogen-bond donors (Lipinski definition) is 3. The number of rotatable bonds is 9. The van der Waals surface area contributed by atoms with E-state index in [1.807, 2.05) is 52.0 Å². The zero-order valence-corrected chi connectivity index (χ0v) is 34.4. The summed E-state index contributed by atoms with van der Waals surface area (Å²) in [6, 6.07) is 9.20. The number of hydrazine groups is 1. The Kier molecular flexibility index (Phi) is 13.2. The van der Waals surface area contributed by atoms with E-state index in [1.54, 1.807) is 25.5 Å². The van der Waals surface area contributed by atoms with E-state index in [1.165, 1.54) is 5.01 Å². The molecule has 2 amide bonds. The number of cyclic esters (lactones) is 1. The van der Waals surface area contributed by atoms with Crippen LogP contribution in [0.15, 0.2) is 59.7 Å². The number of methoxy groups -OCH3 is 1. The summed E-state index contributed by atoms with van der Waals surface area (Å²) in [5.74, 6) is -3.67. The fraction of sp³-hybridized carbons (Fsp3) is 0.511. The maximum Gasteiger partial charge on any atom is 0.324 e. The molecular weight excluding hydrogens is 745 g/mol. The first-order valence-electron chi connectivity index (χ1n) is 20.4. The second kappa shape index (κ2) is 17.9. The molecule has 2 aromatic carbocycles. The Morgan fingerprint density at radius 3 is 2.62 bits per heavy atom. The number of halogens is 2. The standard InChI is InChI=1S/C45H57F2N5O6/c1-8-31(39(48-9-2)26(4)57-7)40-35-24-45(5,6)25-58-44(56)36-15-12-18-52(50-36)43(55)37(49-42(54)33-14-11-13-32(33)41(46)47)21-27-19-29(22-30(53)20-27)28-16-17-38(34(35)23-28)51(40)10-3/h8-9,16-17,19-20,22-23,26,32-33,36-37,41,50,53H,1,10-15,18,21,24-25H2,2-7H3,(H,49,54)/b39-31+,48-9-/t26-,32?,33?,36-,37-/m0/s1. The Hall–Kier alpha value is -4.88. The summed E-state index contributed by atoms with van der Waals surface area (Å²) >= 11 is 0. The van der Waals surface area contributed by atoms with Gasteiger partial charge >= 0.3 is 5.97 Å². The van der Waals surface area contributed by atoms with Crippen LogP contribution in [-0.4, -0.2) is 83.6 Å². The van der Waals surface area contributed by atoms with Crippen molar-refractivity contribution in [2.24, 2.45) is 22.2 Å². The third kappa shape index (κ3) is 8.90. The number of aromatic nitrogens is 1. The highest BCUT2D eigenvalue weighted by Crippen LogP contribution is 2.41. The molecule has 0 spiro atoms. The smallest absolute Gasteiger partial charge is 0.324 e. The minimum absolute atomic E-state index is 0.0325. The van der Waals surface area contributed by atoms with E-state index >= 15 is 0 Å². The molecule has 13 heteroatoms. The summed E-state index contributed by atoms with van der Waals surface area (Å²) in [4.78, 5) is 46.4. The van der Waals surface area contributed by atoms with E-state index in [0.29, 0.717) is 49.8 Å². The average Bonchev–Trinajstić information content (AvgIpc) is 3.82. The van der Waals surface area contributed by atoms with Gasteiger partial charge in [0.2, 0.25) is 12.3 Å². The number of fused-ring (bicyclic) bond motifs is 6. The predicted molar refractivity (Wildman–Crippen MR) is 221 cm³/mol. The molecule has 312 valence electrons. The topological polar surface area (TPSA) is 134 Å². The van der Waals surface area contributed by atoms with Gasteiger partial charge in [-0.1, -0.05) is 45.1 Å². The van der Waals surface area contributed by atoms with Crippen molar-refractivity contribution in [1.82, 2.24) is 20.3 Å². The Bertz CT molecular complexity index is 2110. The van der Waals surface area contributed by atoms with Gasteiger partial charge in [-0.05, 0) is 99.4 Å². The molecule has 1 saturated carbocycles. The van der Waals surface area contributed by atoms with Gasteiger partial charge in [0.25, 0.3) is 5.91 Å². The van der Waals surface area contributed by atoms with Crippen molar-refractivity contribution in [1.29, 1.82) is 0 Å². The highest BCUT2D eigenvalue weighted by atomic mass is 19.3. The highest BCUT2D eigenvalue weighted by Gasteiger charge is 2.41. The number of phenols is 1. The molecule has 3 heterocycles. The molecule has 0 radical (unpaired) electrons. The van der Waals surface area contributed by atoms with Crippen LogP contribution in [0.3, 0.4) is 0 Å². The number of amides is 2. The van der Waals surface area contributed by atoms with Crippen LogP contribution < -0.4 is 10.7 Å². The number of phenolic OH excluding ortho intramolecular Hbond substituents is 1. The minimum Gasteiger partial charge on any atom is -0.508 e. The number of nitrogens with zero attached hydrogens (tertiary/aromatic N) is 3. The molecule has 2 fully saturated rings. The van der Waals surface area contributed by atoms with Gasteiger partial charge in [-0.3, -0.25) is 24.4 Å². The van der Waals surface area contributed by atoms with Crippen molar-refractivity contribution < 1.29 is 37.7 Å². The number of carbonyl (C=O) groups is 3. The molecule has 1 aromatic heterocycles. The molecule has 2 aliphatic heterocycles. The van der Waals surface area contributed by atoms with Gasteiger partial charge < -0.3 is 24.5 Å². The van der Waals surface area contributed by atoms with Gasteiger partial charge in [0.05, 0.1) is 24.1 Å². The number of alkyl halides is 2. The lowest BCUT2D eigenvalue weighted by Crippen LogP contribution is -2.61. The van der Waals surface area contributed by atoms with E-state index < -0.39 is 53.5 Å². The fourth-order valence-corrected chi connectivity index (χ4v) is 8.87. The Morgan fingerprint density at radius 1 is 1.16 bits per heavy atom. The van der Waals surface area contributed by atoms with Crippen LogP contribution in [0.4, 0.5) is 8.78 Å². The maximum absolute atomic E-state index is 14.3. The van der Waals surface area contributed by atoms with Crippen LogP contribution in [0.1, 0.15) is 83.5 Å². The number of hydrogen-bond acceptors (Lipinski definition) is 8. The quantitative estimate of drug-likeness (QED) is 0.117. The number of carbonyl (C=O) groups excluding carboxylic acids is 3. The number of nitrogens with one attached hydrogen (secondary N) is 2. The van der Waals surface area contributed by atoms with Crippen molar-refractivity contribution in [2.45, 2.75) is 111 Å². The molecule has 6 bridgehead atoms. The molecule has 1 saturated heterocycles. The summed E-state index contributed by atoms with van der Waals surface area (Å²) in [7, 11) is 1.64. The van der Waals surface area contributed by atoms with E-state index in [-0.39, 0.29) is 37.8 Å². The van der Waals surface area contributed by atoms with Crippen molar-refractivity contribution in [3.63, 3.8) is 0 Å². The van der Waals surface area contributed by atoms with Crippen molar-refractivity contribution in [3.8, 4) is 16.9 Å². The minimum atomic E-state index is -2.66. The van der Waals surface area contributed by atoms with Gasteiger partial charge in [-0.25, -0.2) is 14.2 Å². The van der Waals surface area contributed by atoms with Crippen LogP contribution in [-0.2, 0) is 43.2 Å². The van der Waals surface area contributed by atoms with Crippen molar-refractivity contribution >= 4 is 40.5 Å². The second-order valence-corrected chi connectivity index (χ2v) is 16.5. The molecular formula is C45H57F2N5O6. The fourth-order valence-electron chi connectivity index (χ4n) is 8.87. The Balaban J connectivity index is 1.53. The first kappa shape index (κ1) is 42.7. The third-order valence-electron chi connectivity index (χ3n) is 11.8. The van der Waals surface area contributed by atoms with Gasteiger partial charge in [-0.15, -0.1) is 0 Å². The zero-order chi connectivity index (χ0) is 41.9. The molecule has 2 unspecified atom stereocenters. The lowest BCUT2D eigenvalue weighted by molar-refractivity contribution is -0.155. The van der Waals surface area contributed by atoms with E-state index in [4.69, 9.17) is 14.5 Å². The molecule has 3 aliphatic rings. The van der Waals surface area contributed by atoms with Crippen LogP contribution >= 0.6 is 0 Å². The largest absolute Gasteiger partial charge is 0.508 e. The lowest BCUT2D eigenvalue weighted by atomic mass is 9.84. The van der Waals surface area contributed by atoms with Gasteiger partial charge in [0, 0.05) is 66.6 Å². The van der Waals surface area contributed by atoms with Crippen molar-refractivity contribution in [3.05, 3.63) is 71.6 Å². The highest BCUT2D eigenvalue weighted by molar-refractivity contribution is 5.96. The second-order valence-electron chi connectivity index (χ2n) is 16.5. The first-order chi connectivity index (χ1) is 27.7. The van der Waals surface area contributed by atoms with E-state index in [2.05, 4.69) is 34.9 Å². The van der Waals surface area contributed by atoms with Crippen LogP contribution in [0.5, 0.6) is 5.75 Å². The average molecular weight is 802 g/mol. The summed E-state index contributed by atoms with van der Waals surface area (Å²) < 4.78 is 41.9. The lowest BCUT2D eigenvalue weighted by Gasteiger charge is -2.36. The molecule has 58 heavy (non-hydrogen) atoms. The molecule has 5 atom stereocenters. The van der Waals surface area contributed by atoms with Gasteiger partial charge in [0.1, 0.15) is 17.8 Å². The Labute approximate surface area is 339 Å². The van der Waals surface area contributed by atoms with Crippen LogP contribution in [0.25, 0.3) is 27.6 Å². The number of aliphatic imine (C=N–C) groups is 1. The summed E-state index contributed by atoms with van der Waals surface area (Å²) in [6.45, 7) is 15.2. The Morgan fingerprint density at radius 2 is 1.93 bits per heavy atom. The number of aryl methyl sites for hydroxylation is 1. The van der Waals surface area contributed by atoms with Gasteiger partial charge in [0.15, 0.2) is 0 Å². The van der Waals surface area contributed by atoms with Crippen molar-refractivity contribution in [2.75, 3.05) is 20.3 Å². The number of ether oxygens (including phenoxy) is 2. The maximum atomic E-state index is 14.3. The predicted octanol–water partition coefficient (Wildman–Crippen LogP) is 7.39. The summed E-state index contributed by atoms with van der Waals surface area (Å²) in [5.41, 5.74) is 8.97. The number of aromatic hydroxyl groups is 1. The van der Waals surface area contributed by atoms with Crippen LogP contribution in [0, 0.1) is 17.3 Å². The normalized spacial score (nSPS) is 23.8. The first-order valence-corrected chi connectivity index (χ1v) is 20.4. The SMILES string of the molecule is C=C/C(=C(\N=C/C)[C@H](C)OC)c1c2c3cc(ccc3n1CC)-c1cc(O)cc(c1)C[C@H](NC(=O)C1CCCC1C(F)F)C(=O)N1CCC[C@H](N1)C(=O)OCC(C)(C)C2. The molecule has 1 aliphatic carbocycles. The molecule has 6 rings (SSSR count). The van der Waals surface area contributed by atoms with E-state index in [9.17, 15) is 28.3 Å². The number of allylic oxidation sites excluding steroid dienone is 2. The molecule has 11 nitrogen and oxygen atoms in total. The molecule has 3 aromatic rings. The zero-order valence-electron chi connectivity index (χ0n) is 34.4. The molecule has 3 N–H and O–H groups in total. The summed E-state index contributed by atoms with van der Waals surface area (Å²) in [5, 5.41) is 16.2. The van der Waals surface area contributed by atoms with Gasteiger partial charge in [-0.2, -0.15) is 0 Å². The number of benzene rings is 2. The van der Waals surface area contributed by atoms with Crippen LogP contribution in [0.2, 0.25) is 0 Å². The monoisotopic (exact) mass is 801 g/mol.